The van der Waals surface area contributed by atoms with Crippen molar-refractivity contribution in [1.82, 2.24) is 15.5 Å². The lowest BCUT2D eigenvalue weighted by molar-refractivity contribution is 0.0949. The Hall–Kier alpha value is -4.19. The number of aromatic amines is 1. The summed E-state index contributed by atoms with van der Waals surface area (Å²) in [7, 11) is 0. The Morgan fingerprint density at radius 1 is 0.971 bits per heavy atom. The van der Waals surface area contributed by atoms with Gasteiger partial charge in [-0.25, -0.2) is 5.10 Å². The van der Waals surface area contributed by atoms with Gasteiger partial charge in [0, 0.05) is 28.8 Å². The molecule has 1 aromatic heterocycles. The second-order valence-corrected chi connectivity index (χ2v) is 8.49. The molecule has 172 valence electrons. The highest BCUT2D eigenvalue weighted by Gasteiger charge is 2.19. The van der Waals surface area contributed by atoms with Crippen LogP contribution in [0.5, 0.6) is 11.5 Å². The summed E-state index contributed by atoms with van der Waals surface area (Å²) >= 11 is 0. The lowest BCUT2D eigenvalue weighted by Gasteiger charge is -2.15. The van der Waals surface area contributed by atoms with E-state index in [9.17, 15) is 9.59 Å². The van der Waals surface area contributed by atoms with Gasteiger partial charge in [0.2, 0.25) is 0 Å². The number of H-pyrrole nitrogens is 1. The predicted octanol–water partition coefficient (Wildman–Crippen LogP) is 5.59. The minimum Gasteiger partial charge on any atom is -0.457 e. The molecule has 0 spiro atoms. The van der Waals surface area contributed by atoms with Crippen molar-refractivity contribution in [2.45, 2.75) is 20.8 Å². The standard InChI is InChI=1S/C28H27N3O3/c1-18(2)17-29-28(33)21-15-13-20(14-16-21)25-19(3)27(32)31-30-26(25)23-11-7-8-12-24(23)34-22-9-5-4-6-10-22/h4-16,18H,17H2,1-3H3,(H,29,33)(H,31,32). The van der Waals surface area contributed by atoms with Crippen molar-refractivity contribution in [2.24, 2.45) is 5.92 Å². The van der Waals surface area contributed by atoms with Crippen molar-refractivity contribution in [3.63, 3.8) is 0 Å². The zero-order chi connectivity index (χ0) is 24.1. The number of ether oxygens (including phenoxy) is 1. The van der Waals surface area contributed by atoms with Gasteiger partial charge in [-0.3, -0.25) is 9.59 Å². The number of benzene rings is 3. The van der Waals surface area contributed by atoms with Gasteiger partial charge in [-0.05, 0) is 54.8 Å². The zero-order valence-electron chi connectivity index (χ0n) is 19.5. The van der Waals surface area contributed by atoms with Crippen molar-refractivity contribution >= 4 is 5.91 Å². The fraction of sp³-hybridized carbons (Fsp3) is 0.179. The van der Waals surface area contributed by atoms with E-state index >= 15 is 0 Å². The molecule has 2 N–H and O–H groups in total. The maximum atomic E-state index is 12.5. The van der Waals surface area contributed by atoms with Crippen molar-refractivity contribution in [1.29, 1.82) is 0 Å². The molecular formula is C28H27N3O3. The van der Waals surface area contributed by atoms with Gasteiger partial charge in [-0.1, -0.05) is 56.3 Å². The first-order valence-electron chi connectivity index (χ1n) is 11.2. The summed E-state index contributed by atoms with van der Waals surface area (Å²) in [5.41, 5.74) is 3.67. The SMILES string of the molecule is Cc1c(-c2ccc(C(=O)NCC(C)C)cc2)c(-c2ccccc2Oc2ccccc2)n[nH]c1=O. The molecule has 6 heteroatoms. The van der Waals surface area contributed by atoms with Crippen molar-refractivity contribution < 1.29 is 9.53 Å². The summed E-state index contributed by atoms with van der Waals surface area (Å²) in [6.45, 7) is 6.48. The molecule has 1 heterocycles. The molecule has 4 aromatic rings. The van der Waals surface area contributed by atoms with Crippen molar-refractivity contribution in [3.8, 4) is 33.9 Å². The summed E-state index contributed by atoms with van der Waals surface area (Å²) in [6, 6.07) is 24.3. The van der Waals surface area contributed by atoms with E-state index in [1.807, 2.05) is 80.6 Å². The van der Waals surface area contributed by atoms with E-state index in [4.69, 9.17) is 4.74 Å². The number of hydrogen-bond acceptors (Lipinski definition) is 4. The fourth-order valence-corrected chi connectivity index (χ4v) is 3.64. The molecule has 0 aliphatic rings. The maximum Gasteiger partial charge on any atom is 0.267 e. The minimum absolute atomic E-state index is 0.122. The topological polar surface area (TPSA) is 84.1 Å². The molecule has 0 aliphatic carbocycles. The van der Waals surface area contributed by atoms with Crippen LogP contribution in [0.25, 0.3) is 22.4 Å². The third kappa shape index (κ3) is 5.07. The molecular weight excluding hydrogens is 426 g/mol. The molecule has 0 aliphatic heterocycles. The normalized spacial score (nSPS) is 10.8. The molecule has 0 unspecified atom stereocenters. The Balaban J connectivity index is 1.75. The first-order chi connectivity index (χ1) is 16.4. The van der Waals surface area contributed by atoms with Gasteiger partial charge >= 0.3 is 0 Å². The number of amides is 1. The van der Waals surface area contributed by atoms with E-state index < -0.39 is 0 Å². The van der Waals surface area contributed by atoms with E-state index in [0.29, 0.717) is 46.3 Å². The highest BCUT2D eigenvalue weighted by atomic mass is 16.5. The average molecular weight is 454 g/mol. The first-order valence-corrected chi connectivity index (χ1v) is 11.2. The average Bonchev–Trinajstić information content (AvgIpc) is 2.85. The number of aromatic nitrogens is 2. The summed E-state index contributed by atoms with van der Waals surface area (Å²) in [5, 5.41) is 9.92. The predicted molar refractivity (Wildman–Crippen MR) is 134 cm³/mol. The van der Waals surface area contributed by atoms with Crippen LogP contribution in [0.3, 0.4) is 0 Å². The Morgan fingerprint density at radius 3 is 2.35 bits per heavy atom. The van der Waals surface area contributed by atoms with Crippen LogP contribution in [-0.4, -0.2) is 22.6 Å². The Bertz CT molecular complexity index is 1340. The quantitative estimate of drug-likeness (QED) is 0.382. The summed E-state index contributed by atoms with van der Waals surface area (Å²) in [6.07, 6.45) is 0. The van der Waals surface area contributed by atoms with Crippen LogP contribution in [0.4, 0.5) is 0 Å². The maximum absolute atomic E-state index is 12.5. The van der Waals surface area contributed by atoms with Crippen LogP contribution < -0.4 is 15.6 Å². The molecule has 0 saturated heterocycles. The molecule has 34 heavy (non-hydrogen) atoms. The molecule has 4 rings (SSSR count). The van der Waals surface area contributed by atoms with Gasteiger partial charge in [-0.15, -0.1) is 0 Å². The molecule has 3 aromatic carbocycles. The van der Waals surface area contributed by atoms with Gasteiger partial charge in [0.05, 0.1) is 0 Å². The second-order valence-electron chi connectivity index (χ2n) is 8.49. The number of hydrogen-bond donors (Lipinski definition) is 2. The molecule has 6 nitrogen and oxygen atoms in total. The molecule has 1 amide bonds. The molecule has 0 saturated carbocycles. The summed E-state index contributed by atoms with van der Waals surface area (Å²) < 4.78 is 6.14. The van der Waals surface area contributed by atoms with Crippen molar-refractivity contribution in [3.05, 3.63) is 100 Å². The van der Waals surface area contributed by atoms with Crippen molar-refractivity contribution in [2.75, 3.05) is 6.54 Å². The molecule has 0 fully saturated rings. The highest BCUT2D eigenvalue weighted by Crippen LogP contribution is 2.38. The number of carbonyl (C=O) groups is 1. The second kappa shape index (κ2) is 10.2. The largest absolute Gasteiger partial charge is 0.457 e. The number of nitrogens with zero attached hydrogens (tertiary/aromatic N) is 1. The van der Waals surface area contributed by atoms with Gasteiger partial charge < -0.3 is 10.1 Å². The highest BCUT2D eigenvalue weighted by molar-refractivity contribution is 5.95. The Kier molecular flexibility index (Phi) is 6.87. The van der Waals surface area contributed by atoms with E-state index in [-0.39, 0.29) is 11.5 Å². The minimum atomic E-state index is -0.265. The van der Waals surface area contributed by atoms with Crippen LogP contribution >= 0.6 is 0 Å². The summed E-state index contributed by atoms with van der Waals surface area (Å²) in [5.74, 6) is 1.57. The lowest BCUT2D eigenvalue weighted by atomic mass is 9.95. The smallest absolute Gasteiger partial charge is 0.267 e. The van der Waals surface area contributed by atoms with Gasteiger partial charge in [0.1, 0.15) is 17.2 Å². The third-order valence-corrected chi connectivity index (χ3v) is 5.44. The van der Waals surface area contributed by atoms with Crippen LogP contribution in [0.15, 0.2) is 83.7 Å². The lowest BCUT2D eigenvalue weighted by Crippen LogP contribution is -2.27. The van der Waals surface area contributed by atoms with Crippen LogP contribution in [0.2, 0.25) is 0 Å². The number of carbonyl (C=O) groups excluding carboxylic acids is 1. The monoisotopic (exact) mass is 453 g/mol. The van der Waals surface area contributed by atoms with E-state index in [0.717, 1.165) is 11.1 Å². The van der Waals surface area contributed by atoms with Crippen LogP contribution in [-0.2, 0) is 0 Å². The number of nitrogens with one attached hydrogen (secondary N) is 2. The zero-order valence-corrected chi connectivity index (χ0v) is 19.5. The number of para-hydroxylation sites is 2. The fourth-order valence-electron chi connectivity index (χ4n) is 3.64. The Morgan fingerprint density at radius 2 is 1.65 bits per heavy atom. The van der Waals surface area contributed by atoms with Crippen LogP contribution in [0, 0.1) is 12.8 Å². The summed E-state index contributed by atoms with van der Waals surface area (Å²) in [4.78, 5) is 24.9. The molecule has 0 radical (unpaired) electrons. The first kappa shape index (κ1) is 23.0. The van der Waals surface area contributed by atoms with E-state index in [2.05, 4.69) is 15.5 Å². The van der Waals surface area contributed by atoms with Gasteiger partial charge in [-0.2, -0.15) is 5.10 Å². The Labute approximate surface area is 198 Å². The van der Waals surface area contributed by atoms with Gasteiger partial charge in [0.15, 0.2) is 0 Å². The van der Waals surface area contributed by atoms with Crippen LogP contribution in [0.1, 0.15) is 29.8 Å². The van der Waals surface area contributed by atoms with E-state index in [1.54, 1.807) is 19.1 Å². The molecule has 0 atom stereocenters. The molecule has 0 bridgehead atoms. The van der Waals surface area contributed by atoms with Gasteiger partial charge in [0.25, 0.3) is 11.5 Å². The number of rotatable bonds is 7. The third-order valence-electron chi connectivity index (χ3n) is 5.44. The van der Waals surface area contributed by atoms with E-state index in [1.165, 1.54) is 0 Å².